The normalized spacial score (nSPS) is 12.1. The Balaban J connectivity index is 2.00. The number of pyridine rings is 1. The van der Waals surface area contributed by atoms with Crippen molar-refractivity contribution in [3.63, 3.8) is 0 Å². The van der Waals surface area contributed by atoms with Crippen molar-refractivity contribution in [2.24, 2.45) is 5.73 Å². The lowest BCUT2D eigenvalue weighted by molar-refractivity contribution is -0.120. The summed E-state index contributed by atoms with van der Waals surface area (Å²) in [5.41, 5.74) is 7.53. The van der Waals surface area contributed by atoms with Crippen LogP contribution in [-0.2, 0) is 11.2 Å². The van der Waals surface area contributed by atoms with E-state index >= 15 is 0 Å². The molecule has 1 heterocycles. The number of rotatable bonds is 6. The molecule has 1 atom stereocenters. The first-order valence-corrected chi connectivity index (χ1v) is 6.58. The first-order chi connectivity index (χ1) is 9.70. The highest BCUT2D eigenvalue weighted by Crippen LogP contribution is 2.18. The molecule has 1 aromatic carbocycles. The zero-order valence-corrected chi connectivity index (χ0v) is 11.1. The maximum absolute atomic E-state index is 12.9. The van der Waals surface area contributed by atoms with Gasteiger partial charge in [0.1, 0.15) is 11.6 Å². The van der Waals surface area contributed by atoms with E-state index in [9.17, 15) is 9.18 Å². The van der Waals surface area contributed by atoms with Gasteiger partial charge in [0.05, 0.1) is 5.92 Å². The van der Waals surface area contributed by atoms with Gasteiger partial charge in [-0.3, -0.25) is 9.78 Å². The Labute approximate surface area is 117 Å². The van der Waals surface area contributed by atoms with Crippen molar-refractivity contribution in [3.05, 3.63) is 65.7 Å². The minimum Gasteiger partial charge on any atom is -0.329 e. The van der Waals surface area contributed by atoms with Gasteiger partial charge in [-0.25, -0.2) is 4.39 Å². The fraction of sp³-hybridized carbons (Fsp3) is 0.250. The second-order valence-corrected chi connectivity index (χ2v) is 4.66. The average Bonchev–Trinajstić information content (AvgIpc) is 2.49. The van der Waals surface area contributed by atoms with Crippen molar-refractivity contribution in [3.8, 4) is 0 Å². The lowest BCUT2D eigenvalue weighted by Gasteiger charge is -2.14. The fourth-order valence-electron chi connectivity index (χ4n) is 2.14. The molecule has 1 aromatic heterocycles. The molecule has 2 aromatic rings. The molecule has 4 heteroatoms. The van der Waals surface area contributed by atoms with E-state index in [1.807, 2.05) is 12.1 Å². The molecule has 2 N–H and O–H groups in total. The van der Waals surface area contributed by atoms with Crippen LogP contribution in [0.2, 0.25) is 0 Å². The molecule has 0 spiro atoms. The van der Waals surface area contributed by atoms with Crippen LogP contribution in [0.5, 0.6) is 0 Å². The maximum atomic E-state index is 12.9. The van der Waals surface area contributed by atoms with Crippen LogP contribution < -0.4 is 5.73 Å². The standard InChI is InChI=1S/C16H17FN2O/c17-14-4-2-13(3-5-14)15(11-18)16(20)6-1-12-7-9-19-10-8-12/h2-5,7-10,15H,1,6,11,18H2. The lowest BCUT2D eigenvalue weighted by atomic mass is 9.91. The Morgan fingerprint density at radius 2 is 1.80 bits per heavy atom. The molecule has 1 unspecified atom stereocenters. The van der Waals surface area contributed by atoms with Gasteiger partial charge in [-0.05, 0) is 41.8 Å². The van der Waals surface area contributed by atoms with Gasteiger partial charge in [-0.2, -0.15) is 0 Å². The number of aromatic nitrogens is 1. The topological polar surface area (TPSA) is 56.0 Å². The number of ketones is 1. The summed E-state index contributed by atoms with van der Waals surface area (Å²) in [4.78, 5) is 16.2. The van der Waals surface area contributed by atoms with Gasteiger partial charge < -0.3 is 5.73 Å². The van der Waals surface area contributed by atoms with E-state index in [1.54, 1.807) is 24.5 Å². The van der Waals surface area contributed by atoms with Gasteiger partial charge >= 0.3 is 0 Å². The number of nitrogens with two attached hydrogens (primary N) is 1. The molecule has 0 amide bonds. The summed E-state index contributed by atoms with van der Waals surface area (Å²) in [6.45, 7) is 0.237. The van der Waals surface area contributed by atoms with Crippen LogP contribution in [0.4, 0.5) is 4.39 Å². The maximum Gasteiger partial charge on any atom is 0.141 e. The van der Waals surface area contributed by atoms with E-state index in [4.69, 9.17) is 5.73 Å². The highest BCUT2D eigenvalue weighted by atomic mass is 19.1. The molecule has 0 saturated heterocycles. The molecule has 0 aliphatic carbocycles. The monoisotopic (exact) mass is 272 g/mol. The van der Waals surface area contributed by atoms with Crippen LogP contribution in [-0.4, -0.2) is 17.3 Å². The molecule has 0 aliphatic heterocycles. The molecular weight excluding hydrogens is 255 g/mol. The number of benzene rings is 1. The van der Waals surface area contributed by atoms with Crippen LogP contribution in [0.3, 0.4) is 0 Å². The molecule has 0 radical (unpaired) electrons. The number of nitrogens with zero attached hydrogens (tertiary/aromatic N) is 1. The van der Waals surface area contributed by atoms with Gasteiger partial charge in [0.15, 0.2) is 0 Å². The molecule has 0 saturated carbocycles. The molecule has 0 aliphatic rings. The fourth-order valence-corrected chi connectivity index (χ4v) is 2.14. The quantitative estimate of drug-likeness (QED) is 0.878. The van der Waals surface area contributed by atoms with E-state index in [0.717, 1.165) is 11.1 Å². The van der Waals surface area contributed by atoms with Gasteiger partial charge in [-0.1, -0.05) is 12.1 Å². The summed E-state index contributed by atoms with van der Waals surface area (Å²) in [5, 5.41) is 0. The van der Waals surface area contributed by atoms with Gasteiger partial charge in [-0.15, -0.1) is 0 Å². The Bertz CT molecular complexity index is 554. The van der Waals surface area contributed by atoms with Crippen LogP contribution in [0.1, 0.15) is 23.5 Å². The molecule has 2 rings (SSSR count). The summed E-state index contributed by atoms with van der Waals surface area (Å²) < 4.78 is 12.9. The molecule has 104 valence electrons. The number of hydrogen-bond donors (Lipinski definition) is 1. The van der Waals surface area contributed by atoms with Crippen LogP contribution >= 0.6 is 0 Å². The Morgan fingerprint density at radius 1 is 1.15 bits per heavy atom. The van der Waals surface area contributed by atoms with E-state index < -0.39 is 0 Å². The third kappa shape index (κ3) is 3.71. The predicted octanol–water partition coefficient (Wildman–Crippen LogP) is 2.46. The van der Waals surface area contributed by atoms with Crippen molar-refractivity contribution < 1.29 is 9.18 Å². The largest absolute Gasteiger partial charge is 0.329 e. The van der Waals surface area contributed by atoms with E-state index in [2.05, 4.69) is 4.98 Å². The smallest absolute Gasteiger partial charge is 0.141 e. The van der Waals surface area contributed by atoms with Crippen LogP contribution in [0.25, 0.3) is 0 Å². The number of halogens is 1. The van der Waals surface area contributed by atoms with Crippen molar-refractivity contribution in [1.82, 2.24) is 4.98 Å². The zero-order chi connectivity index (χ0) is 14.4. The van der Waals surface area contributed by atoms with Gasteiger partial charge in [0, 0.05) is 25.4 Å². The number of aryl methyl sites for hydroxylation is 1. The number of carbonyl (C=O) groups is 1. The molecule has 0 bridgehead atoms. The van der Waals surface area contributed by atoms with Crippen molar-refractivity contribution in [2.45, 2.75) is 18.8 Å². The first-order valence-electron chi connectivity index (χ1n) is 6.58. The minimum absolute atomic E-state index is 0.0796. The third-order valence-electron chi connectivity index (χ3n) is 3.31. The Hall–Kier alpha value is -2.07. The second-order valence-electron chi connectivity index (χ2n) is 4.66. The summed E-state index contributed by atoms with van der Waals surface area (Å²) >= 11 is 0. The summed E-state index contributed by atoms with van der Waals surface area (Å²) in [6, 6.07) is 9.74. The first kappa shape index (κ1) is 14.3. The molecule has 0 fully saturated rings. The Kier molecular flexibility index (Phi) is 4.96. The van der Waals surface area contributed by atoms with Gasteiger partial charge in [0.25, 0.3) is 0 Å². The highest BCUT2D eigenvalue weighted by Gasteiger charge is 2.18. The van der Waals surface area contributed by atoms with E-state index in [-0.39, 0.29) is 24.1 Å². The molecular formula is C16H17FN2O. The third-order valence-corrected chi connectivity index (χ3v) is 3.31. The van der Waals surface area contributed by atoms with Gasteiger partial charge in [0.2, 0.25) is 0 Å². The average molecular weight is 272 g/mol. The highest BCUT2D eigenvalue weighted by molar-refractivity contribution is 5.86. The molecule has 3 nitrogen and oxygen atoms in total. The SMILES string of the molecule is NCC(C(=O)CCc1ccncc1)c1ccc(F)cc1. The molecule has 20 heavy (non-hydrogen) atoms. The second kappa shape index (κ2) is 6.91. The lowest BCUT2D eigenvalue weighted by Crippen LogP contribution is -2.22. The summed E-state index contributed by atoms with van der Waals surface area (Å²) in [5.74, 6) is -0.595. The minimum atomic E-state index is -0.363. The van der Waals surface area contributed by atoms with Crippen molar-refractivity contribution >= 4 is 5.78 Å². The van der Waals surface area contributed by atoms with E-state index in [0.29, 0.717) is 12.8 Å². The summed E-state index contributed by atoms with van der Waals surface area (Å²) in [7, 11) is 0. The van der Waals surface area contributed by atoms with E-state index in [1.165, 1.54) is 12.1 Å². The zero-order valence-electron chi connectivity index (χ0n) is 11.1. The number of hydrogen-bond acceptors (Lipinski definition) is 3. The predicted molar refractivity (Wildman–Crippen MR) is 75.8 cm³/mol. The number of carbonyl (C=O) groups excluding carboxylic acids is 1. The van der Waals surface area contributed by atoms with Crippen molar-refractivity contribution in [1.29, 1.82) is 0 Å². The van der Waals surface area contributed by atoms with Crippen LogP contribution in [0.15, 0.2) is 48.8 Å². The summed E-state index contributed by atoms with van der Waals surface area (Å²) in [6.07, 6.45) is 4.50. The van der Waals surface area contributed by atoms with Crippen LogP contribution in [0, 0.1) is 5.82 Å². The van der Waals surface area contributed by atoms with Crippen molar-refractivity contribution in [2.75, 3.05) is 6.54 Å². The number of Topliss-reactive ketones (excluding diaryl/α,β-unsaturated/α-hetero) is 1. The Morgan fingerprint density at radius 3 is 2.40 bits per heavy atom.